The average molecular weight is 380 g/mol. The lowest BCUT2D eigenvalue weighted by Crippen LogP contribution is -2.41. The third kappa shape index (κ3) is 4.60. The van der Waals surface area contributed by atoms with Crippen molar-refractivity contribution in [3.05, 3.63) is 41.2 Å². The molecule has 1 aromatic heterocycles. The molecule has 1 aromatic carbocycles. The van der Waals surface area contributed by atoms with E-state index in [-0.39, 0.29) is 11.7 Å². The molecule has 0 unspecified atom stereocenters. The van der Waals surface area contributed by atoms with E-state index in [0.717, 1.165) is 11.1 Å². The number of rotatable bonds is 7. The van der Waals surface area contributed by atoms with Crippen LogP contribution in [0.1, 0.15) is 36.7 Å². The second-order valence-corrected chi connectivity index (χ2v) is 8.47. The van der Waals surface area contributed by atoms with Crippen molar-refractivity contribution < 1.29 is 17.7 Å². The first-order chi connectivity index (χ1) is 12.5. The molecule has 3 rings (SSSR count). The molecule has 1 N–H and O–H groups in total. The Kier molecular flexibility index (Phi) is 5.90. The van der Waals surface area contributed by atoms with E-state index >= 15 is 0 Å². The van der Waals surface area contributed by atoms with Crippen molar-refractivity contribution in [2.24, 2.45) is 0 Å². The zero-order chi connectivity index (χ0) is 18.6. The summed E-state index contributed by atoms with van der Waals surface area (Å²) in [5, 5.41) is 6.98. The summed E-state index contributed by atoms with van der Waals surface area (Å²) in [7, 11) is -3.37. The standard InChI is InChI=1S/C17H24N4O4S/c1-13(2)16-19-17(25-20-16)18-11-14-5-3-4-6-15(14)12-26(22,23)21-7-9-24-10-8-21/h3-6,13H,7-12H2,1-2H3,(H,18,19,20). The third-order valence-electron chi connectivity index (χ3n) is 4.21. The lowest BCUT2D eigenvalue weighted by molar-refractivity contribution is 0.0729. The minimum absolute atomic E-state index is 0.0358. The highest BCUT2D eigenvalue weighted by Crippen LogP contribution is 2.18. The summed E-state index contributed by atoms with van der Waals surface area (Å²) in [5.74, 6) is 0.780. The highest BCUT2D eigenvalue weighted by Gasteiger charge is 2.25. The van der Waals surface area contributed by atoms with Gasteiger partial charge < -0.3 is 14.6 Å². The SMILES string of the molecule is CC(C)c1noc(NCc2ccccc2CS(=O)(=O)N2CCOCC2)n1. The fourth-order valence-electron chi connectivity index (χ4n) is 2.70. The Morgan fingerprint density at radius 3 is 2.54 bits per heavy atom. The first-order valence-electron chi connectivity index (χ1n) is 8.65. The van der Waals surface area contributed by atoms with Crippen LogP contribution in [-0.2, 0) is 27.1 Å². The van der Waals surface area contributed by atoms with Crippen LogP contribution in [0.15, 0.2) is 28.8 Å². The van der Waals surface area contributed by atoms with Crippen LogP contribution in [-0.4, -0.2) is 49.2 Å². The zero-order valence-corrected chi connectivity index (χ0v) is 15.8. The first kappa shape index (κ1) is 18.8. The molecule has 2 heterocycles. The minimum Gasteiger partial charge on any atom is -0.379 e. The molecule has 0 bridgehead atoms. The van der Waals surface area contributed by atoms with Gasteiger partial charge in [-0.25, -0.2) is 8.42 Å². The molecule has 1 saturated heterocycles. The largest absolute Gasteiger partial charge is 0.379 e. The van der Waals surface area contributed by atoms with Crippen LogP contribution in [0.5, 0.6) is 0 Å². The molecule has 2 aromatic rings. The van der Waals surface area contributed by atoms with Crippen LogP contribution in [0.4, 0.5) is 6.01 Å². The van der Waals surface area contributed by atoms with E-state index in [4.69, 9.17) is 9.26 Å². The van der Waals surface area contributed by atoms with Gasteiger partial charge >= 0.3 is 6.01 Å². The number of ether oxygens (including phenoxy) is 1. The van der Waals surface area contributed by atoms with Gasteiger partial charge in [0, 0.05) is 25.6 Å². The van der Waals surface area contributed by atoms with Gasteiger partial charge in [0.1, 0.15) is 0 Å². The van der Waals surface area contributed by atoms with Crippen LogP contribution in [0, 0.1) is 0 Å². The second-order valence-electron chi connectivity index (χ2n) is 6.50. The van der Waals surface area contributed by atoms with E-state index in [1.807, 2.05) is 38.1 Å². The lowest BCUT2D eigenvalue weighted by atomic mass is 10.1. The van der Waals surface area contributed by atoms with Gasteiger partial charge in [0.15, 0.2) is 5.82 Å². The Morgan fingerprint density at radius 2 is 1.88 bits per heavy atom. The Balaban J connectivity index is 1.69. The van der Waals surface area contributed by atoms with Crippen LogP contribution in [0.25, 0.3) is 0 Å². The van der Waals surface area contributed by atoms with E-state index in [1.54, 1.807) is 0 Å². The number of nitrogens with one attached hydrogen (secondary N) is 1. The van der Waals surface area contributed by atoms with Gasteiger partial charge in [-0.1, -0.05) is 43.3 Å². The first-order valence-corrected chi connectivity index (χ1v) is 10.3. The molecule has 1 aliphatic heterocycles. The summed E-state index contributed by atoms with van der Waals surface area (Å²) in [6.45, 7) is 6.08. The molecule has 8 nitrogen and oxygen atoms in total. The van der Waals surface area contributed by atoms with Gasteiger partial charge in [-0.05, 0) is 11.1 Å². The van der Waals surface area contributed by atoms with E-state index in [1.165, 1.54) is 4.31 Å². The molecule has 0 spiro atoms. The number of benzene rings is 1. The normalized spacial score (nSPS) is 16.1. The van der Waals surface area contributed by atoms with Crippen LogP contribution < -0.4 is 5.32 Å². The van der Waals surface area contributed by atoms with Crippen molar-refractivity contribution >= 4 is 16.0 Å². The van der Waals surface area contributed by atoms with Crippen molar-refractivity contribution in [1.29, 1.82) is 0 Å². The van der Waals surface area contributed by atoms with Crippen molar-refractivity contribution in [3.8, 4) is 0 Å². The van der Waals surface area contributed by atoms with Gasteiger partial charge in [0.05, 0.1) is 19.0 Å². The summed E-state index contributed by atoms with van der Waals surface area (Å²) in [4.78, 5) is 4.27. The number of aromatic nitrogens is 2. The molecule has 26 heavy (non-hydrogen) atoms. The zero-order valence-electron chi connectivity index (χ0n) is 15.0. The van der Waals surface area contributed by atoms with Crippen LogP contribution in [0.3, 0.4) is 0 Å². The Hall–Kier alpha value is -1.97. The topological polar surface area (TPSA) is 97.6 Å². The summed E-state index contributed by atoms with van der Waals surface area (Å²) in [6.07, 6.45) is 0. The van der Waals surface area contributed by atoms with Gasteiger partial charge in [0.25, 0.3) is 0 Å². The quantitative estimate of drug-likeness (QED) is 0.784. The second kappa shape index (κ2) is 8.15. The maximum Gasteiger partial charge on any atom is 0.321 e. The van der Waals surface area contributed by atoms with Gasteiger partial charge in [0.2, 0.25) is 10.0 Å². The summed E-state index contributed by atoms with van der Waals surface area (Å²) in [6, 6.07) is 7.80. The maximum absolute atomic E-state index is 12.7. The van der Waals surface area contributed by atoms with Gasteiger partial charge in [-0.2, -0.15) is 9.29 Å². The number of nitrogens with zero attached hydrogens (tertiary/aromatic N) is 3. The maximum atomic E-state index is 12.7. The molecule has 1 aliphatic rings. The summed E-state index contributed by atoms with van der Waals surface area (Å²) >= 11 is 0. The monoisotopic (exact) mass is 380 g/mol. The van der Waals surface area contributed by atoms with E-state index in [0.29, 0.717) is 44.7 Å². The Morgan fingerprint density at radius 1 is 1.19 bits per heavy atom. The minimum atomic E-state index is -3.37. The molecule has 0 saturated carbocycles. The number of morpholine rings is 1. The fourth-order valence-corrected chi connectivity index (χ4v) is 4.26. The highest BCUT2D eigenvalue weighted by molar-refractivity contribution is 7.88. The molecule has 0 radical (unpaired) electrons. The molecule has 9 heteroatoms. The molecular formula is C17H24N4O4S. The molecule has 0 amide bonds. The third-order valence-corrected chi connectivity index (χ3v) is 6.04. The van der Waals surface area contributed by atoms with E-state index in [2.05, 4.69) is 15.5 Å². The Bertz CT molecular complexity index is 829. The highest BCUT2D eigenvalue weighted by atomic mass is 32.2. The fraction of sp³-hybridized carbons (Fsp3) is 0.529. The summed E-state index contributed by atoms with van der Waals surface area (Å²) < 4.78 is 37.2. The van der Waals surface area contributed by atoms with E-state index in [9.17, 15) is 8.42 Å². The summed E-state index contributed by atoms with van der Waals surface area (Å²) in [5.41, 5.74) is 1.64. The Labute approximate surface area is 153 Å². The van der Waals surface area contributed by atoms with Crippen molar-refractivity contribution in [2.75, 3.05) is 31.6 Å². The van der Waals surface area contributed by atoms with Crippen molar-refractivity contribution in [3.63, 3.8) is 0 Å². The van der Waals surface area contributed by atoms with Gasteiger partial charge in [-0.15, -0.1) is 0 Å². The van der Waals surface area contributed by atoms with E-state index < -0.39 is 10.0 Å². The van der Waals surface area contributed by atoms with Gasteiger partial charge in [-0.3, -0.25) is 0 Å². The van der Waals surface area contributed by atoms with Crippen molar-refractivity contribution in [2.45, 2.75) is 32.1 Å². The van der Waals surface area contributed by atoms with Crippen molar-refractivity contribution in [1.82, 2.24) is 14.4 Å². The molecule has 0 atom stereocenters. The molecule has 0 aliphatic carbocycles. The number of sulfonamides is 1. The number of hydrogen-bond acceptors (Lipinski definition) is 7. The smallest absolute Gasteiger partial charge is 0.321 e. The predicted molar refractivity (Wildman–Crippen MR) is 97.2 cm³/mol. The van der Waals surface area contributed by atoms with Crippen LogP contribution in [0.2, 0.25) is 0 Å². The molecular weight excluding hydrogens is 356 g/mol. The lowest BCUT2D eigenvalue weighted by Gasteiger charge is -2.26. The number of anilines is 1. The van der Waals surface area contributed by atoms with Crippen LogP contribution >= 0.6 is 0 Å². The molecule has 1 fully saturated rings. The molecule has 142 valence electrons. The number of hydrogen-bond donors (Lipinski definition) is 1. The predicted octanol–water partition coefficient (Wildman–Crippen LogP) is 1.97. The average Bonchev–Trinajstić information content (AvgIpc) is 3.11.